The van der Waals surface area contributed by atoms with Crippen molar-refractivity contribution in [2.75, 3.05) is 36.0 Å². The van der Waals surface area contributed by atoms with Gasteiger partial charge in [0, 0.05) is 62.0 Å². The molecule has 5 heterocycles. The second-order valence-corrected chi connectivity index (χ2v) is 7.37. The van der Waals surface area contributed by atoms with E-state index in [1.54, 1.807) is 16.6 Å². The van der Waals surface area contributed by atoms with Crippen molar-refractivity contribution < 1.29 is 13.2 Å². The van der Waals surface area contributed by atoms with Gasteiger partial charge in [-0.05, 0) is 19.1 Å². The second kappa shape index (κ2) is 7.70. The molecule has 0 saturated carbocycles. The van der Waals surface area contributed by atoms with Gasteiger partial charge in [0.2, 0.25) is 0 Å². The Bertz CT molecular complexity index is 1250. The summed E-state index contributed by atoms with van der Waals surface area (Å²) in [5.41, 5.74) is 0.327. The summed E-state index contributed by atoms with van der Waals surface area (Å²) in [6, 6.07) is 6.11. The maximum atomic E-state index is 13.5. The van der Waals surface area contributed by atoms with E-state index in [0.29, 0.717) is 37.5 Å². The average molecular weight is 441 g/mol. The molecular formula is C20H18F3N9. The molecule has 9 nitrogen and oxygen atoms in total. The monoisotopic (exact) mass is 441 g/mol. The Hall–Kier alpha value is -3.83. The van der Waals surface area contributed by atoms with Gasteiger partial charge in [-0.3, -0.25) is 4.98 Å². The van der Waals surface area contributed by atoms with Crippen LogP contribution >= 0.6 is 0 Å². The van der Waals surface area contributed by atoms with Gasteiger partial charge in [-0.2, -0.15) is 27.8 Å². The number of alkyl halides is 3. The zero-order chi connectivity index (χ0) is 22.3. The molecule has 0 bridgehead atoms. The maximum absolute atomic E-state index is 13.5. The van der Waals surface area contributed by atoms with E-state index in [1.807, 2.05) is 17.9 Å². The second-order valence-electron chi connectivity index (χ2n) is 7.37. The number of hydrogen-bond donors (Lipinski definition) is 0. The Morgan fingerprint density at radius 2 is 1.62 bits per heavy atom. The van der Waals surface area contributed by atoms with Crippen molar-refractivity contribution in [1.29, 1.82) is 0 Å². The first kappa shape index (κ1) is 20.1. The molecule has 1 saturated heterocycles. The lowest BCUT2D eigenvalue weighted by atomic mass is 10.2. The highest BCUT2D eigenvalue weighted by Crippen LogP contribution is 2.32. The maximum Gasteiger partial charge on any atom is 0.433 e. The fraction of sp³-hybridized carbons (Fsp3) is 0.300. The molecule has 0 N–H and O–H groups in total. The molecular weight excluding hydrogens is 423 g/mol. The van der Waals surface area contributed by atoms with Crippen molar-refractivity contribution in [3.8, 4) is 11.4 Å². The summed E-state index contributed by atoms with van der Waals surface area (Å²) in [6.07, 6.45) is -0.131. The van der Waals surface area contributed by atoms with Gasteiger partial charge in [0.25, 0.3) is 5.78 Å². The van der Waals surface area contributed by atoms with Gasteiger partial charge in [-0.15, -0.1) is 0 Å². The van der Waals surface area contributed by atoms with Crippen LogP contribution in [-0.4, -0.2) is 60.7 Å². The molecule has 4 aromatic rings. The number of pyridine rings is 1. The molecule has 164 valence electrons. The lowest BCUT2D eigenvalue weighted by molar-refractivity contribution is -0.141. The Morgan fingerprint density at radius 3 is 2.34 bits per heavy atom. The van der Waals surface area contributed by atoms with E-state index in [4.69, 9.17) is 0 Å². The van der Waals surface area contributed by atoms with Gasteiger partial charge in [0.05, 0.1) is 0 Å². The average Bonchev–Trinajstić information content (AvgIpc) is 3.27. The normalized spacial score (nSPS) is 14.9. The fourth-order valence-corrected chi connectivity index (χ4v) is 3.67. The van der Waals surface area contributed by atoms with Crippen LogP contribution in [0, 0.1) is 6.92 Å². The van der Waals surface area contributed by atoms with Crippen molar-refractivity contribution in [2.45, 2.75) is 13.1 Å². The van der Waals surface area contributed by atoms with E-state index < -0.39 is 11.9 Å². The number of hydrogen-bond acceptors (Lipinski definition) is 8. The summed E-state index contributed by atoms with van der Waals surface area (Å²) < 4.78 is 42.2. The van der Waals surface area contributed by atoms with Crippen LogP contribution in [0.2, 0.25) is 0 Å². The third-order valence-electron chi connectivity index (χ3n) is 5.23. The number of piperazine rings is 1. The third kappa shape index (κ3) is 3.79. The van der Waals surface area contributed by atoms with E-state index in [9.17, 15) is 13.2 Å². The van der Waals surface area contributed by atoms with Crippen LogP contribution in [0.4, 0.5) is 24.8 Å². The minimum atomic E-state index is -4.57. The van der Waals surface area contributed by atoms with Crippen LogP contribution < -0.4 is 9.80 Å². The lowest BCUT2D eigenvalue weighted by Crippen LogP contribution is -2.47. The first-order valence-corrected chi connectivity index (χ1v) is 9.92. The fourth-order valence-electron chi connectivity index (χ4n) is 3.67. The Morgan fingerprint density at radius 1 is 0.906 bits per heavy atom. The number of aromatic nitrogens is 7. The molecule has 5 rings (SSSR count). The zero-order valence-electron chi connectivity index (χ0n) is 17.0. The highest BCUT2D eigenvalue weighted by atomic mass is 19.4. The molecule has 0 amide bonds. The van der Waals surface area contributed by atoms with Gasteiger partial charge < -0.3 is 9.80 Å². The molecule has 4 aromatic heterocycles. The van der Waals surface area contributed by atoms with Gasteiger partial charge in [-0.25, -0.2) is 15.0 Å². The molecule has 32 heavy (non-hydrogen) atoms. The predicted molar refractivity (Wildman–Crippen MR) is 110 cm³/mol. The smallest absolute Gasteiger partial charge is 0.353 e. The highest BCUT2D eigenvalue weighted by Gasteiger charge is 2.34. The Balaban J connectivity index is 1.43. The molecule has 1 aliphatic heterocycles. The van der Waals surface area contributed by atoms with Crippen LogP contribution in [0.15, 0.2) is 43.0 Å². The van der Waals surface area contributed by atoms with Crippen molar-refractivity contribution in [1.82, 2.24) is 34.5 Å². The number of nitrogens with zero attached hydrogens (tertiary/aromatic N) is 9. The number of fused-ring (bicyclic) bond motifs is 1. The minimum Gasteiger partial charge on any atom is -0.353 e. The molecule has 0 aliphatic carbocycles. The summed E-state index contributed by atoms with van der Waals surface area (Å²) in [7, 11) is 0. The quantitative estimate of drug-likeness (QED) is 0.480. The minimum absolute atomic E-state index is 0.0220. The van der Waals surface area contributed by atoms with Gasteiger partial charge in [0.1, 0.15) is 18.0 Å². The van der Waals surface area contributed by atoms with Crippen molar-refractivity contribution in [2.24, 2.45) is 0 Å². The summed E-state index contributed by atoms with van der Waals surface area (Å²) in [6.45, 7) is 4.01. The van der Waals surface area contributed by atoms with Crippen molar-refractivity contribution in [3.63, 3.8) is 0 Å². The van der Waals surface area contributed by atoms with Crippen LogP contribution in [0.1, 0.15) is 11.4 Å². The van der Waals surface area contributed by atoms with E-state index in [0.717, 1.165) is 17.6 Å². The highest BCUT2D eigenvalue weighted by molar-refractivity contribution is 5.58. The molecule has 1 fully saturated rings. The topological polar surface area (TPSA) is 88.2 Å². The molecule has 0 spiro atoms. The van der Waals surface area contributed by atoms with Crippen molar-refractivity contribution >= 4 is 17.4 Å². The summed E-state index contributed by atoms with van der Waals surface area (Å²) in [5, 5.41) is 4.23. The first-order valence-electron chi connectivity index (χ1n) is 9.92. The SMILES string of the molecule is Cc1cc(N2CCN(c3cc(C(F)(F)F)nc(-c4ccncc4)n3)CC2)n2ncnc2n1. The summed E-state index contributed by atoms with van der Waals surface area (Å²) >= 11 is 0. The number of rotatable bonds is 3. The van der Waals surface area contributed by atoms with Gasteiger partial charge in [0.15, 0.2) is 11.5 Å². The standard InChI is InChI=1S/C20H18F3N9/c1-13-10-17(32-19(27-13)25-12-26-32)31-8-6-30(7-9-31)16-11-15(20(21,22)23)28-18(29-16)14-2-4-24-5-3-14/h2-5,10-12H,6-9H2,1H3. The van der Waals surface area contributed by atoms with Crippen LogP contribution in [-0.2, 0) is 6.18 Å². The van der Waals surface area contributed by atoms with E-state index >= 15 is 0 Å². The molecule has 0 radical (unpaired) electrons. The molecule has 1 aliphatic rings. The molecule has 0 unspecified atom stereocenters. The van der Waals surface area contributed by atoms with Crippen LogP contribution in [0.5, 0.6) is 0 Å². The van der Waals surface area contributed by atoms with E-state index in [-0.39, 0.29) is 11.6 Å². The van der Waals surface area contributed by atoms with E-state index in [1.165, 1.54) is 18.7 Å². The first-order chi connectivity index (χ1) is 15.4. The number of aryl methyl sites for hydroxylation is 1. The molecule has 12 heteroatoms. The number of anilines is 2. The van der Waals surface area contributed by atoms with Crippen molar-refractivity contribution in [3.05, 3.63) is 54.4 Å². The predicted octanol–water partition coefficient (Wildman–Crippen LogP) is 2.63. The van der Waals surface area contributed by atoms with Gasteiger partial charge in [-0.1, -0.05) is 0 Å². The Kier molecular flexibility index (Phi) is 4.83. The summed E-state index contributed by atoms with van der Waals surface area (Å²) in [5.74, 6) is 1.63. The Labute approximate surface area is 180 Å². The van der Waals surface area contributed by atoms with Crippen LogP contribution in [0.3, 0.4) is 0 Å². The number of halogens is 3. The van der Waals surface area contributed by atoms with Gasteiger partial charge >= 0.3 is 6.18 Å². The zero-order valence-corrected chi connectivity index (χ0v) is 17.0. The van der Waals surface area contributed by atoms with E-state index in [2.05, 4.69) is 34.9 Å². The lowest BCUT2D eigenvalue weighted by Gasteiger charge is -2.36. The molecule has 0 aromatic carbocycles. The largest absolute Gasteiger partial charge is 0.433 e. The van der Waals surface area contributed by atoms with Crippen LogP contribution in [0.25, 0.3) is 17.2 Å². The third-order valence-corrected chi connectivity index (χ3v) is 5.23. The summed E-state index contributed by atoms with van der Waals surface area (Å²) in [4.78, 5) is 24.5. The molecule has 0 atom stereocenters.